The lowest BCUT2D eigenvalue weighted by molar-refractivity contribution is -0.139. The minimum atomic E-state index is -1.30. The van der Waals surface area contributed by atoms with Gasteiger partial charge < -0.3 is 31.7 Å². The van der Waals surface area contributed by atoms with Crippen LogP contribution in [0, 0.1) is 0 Å². The number of amides is 3. The van der Waals surface area contributed by atoms with Crippen LogP contribution in [0.2, 0.25) is 0 Å². The number of para-hydroxylation sites is 2. The Morgan fingerprint density at radius 3 is 2.39 bits per heavy atom. The Morgan fingerprint density at radius 2 is 1.81 bits per heavy atom. The Hall–Kier alpha value is -2.84. The van der Waals surface area contributed by atoms with Crippen molar-refractivity contribution < 1.29 is 39.3 Å². The maximum atomic E-state index is 12.4. The van der Waals surface area contributed by atoms with Gasteiger partial charge in [-0.25, -0.2) is 3.93 Å². The number of nitrogens with zero attached hydrogens (tertiary/aromatic N) is 1. The van der Waals surface area contributed by atoms with E-state index in [1.807, 2.05) is 0 Å². The number of carboxylic acids is 2. The molecule has 3 amide bonds. The van der Waals surface area contributed by atoms with Gasteiger partial charge in [0.25, 0.3) is 5.24 Å². The first-order chi connectivity index (χ1) is 14.5. The molecule has 0 bridgehead atoms. The maximum absolute atomic E-state index is 12.4. The molecule has 14 heteroatoms. The van der Waals surface area contributed by atoms with Crippen LogP contribution in [0.15, 0.2) is 24.3 Å². The van der Waals surface area contributed by atoms with E-state index in [0.29, 0.717) is 11.8 Å². The van der Waals surface area contributed by atoms with Crippen LogP contribution in [0.1, 0.15) is 12.8 Å². The van der Waals surface area contributed by atoms with Crippen molar-refractivity contribution in [2.75, 3.05) is 16.2 Å². The van der Waals surface area contributed by atoms with Crippen molar-refractivity contribution in [3.63, 3.8) is 0 Å². The van der Waals surface area contributed by atoms with E-state index < -0.39 is 47.6 Å². The predicted molar refractivity (Wildman–Crippen MR) is 115 cm³/mol. The van der Waals surface area contributed by atoms with Gasteiger partial charge in [-0.15, -0.1) is 0 Å². The highest BCUT2D eigenvalue weighted by molar-refractivity contribution is 9.10. The summed E-state index contributed by atoms with van der Waals surface area (Å²) in [4.78, 5) is 58.1. The number of phenolic OH excluding ortho intramolecular Hbond substituents is 1. The van der Waals surface area contributed by atoms with Crippen molar-refractivity contribution in [2.45, 2.75) is 24.9 Å². The number of hydrogen-bond donors (Lipinski definition) is 6. The molecule has 2 atom stereocenters. The Bertz CT molecular complexity index is 840. The summed E-state index contributed by atoms with van der Waals surface area (Å²) in [6.07, 6.45) is -0.476. The number of carboxylic acid groups (broad SMARTS) is 2. The highest BCUT2D eigenvalue weighted by Gasteiger charge is 2.25. The van der Waals surface area contributed by atoms with Gasteiger partial charge in [0.05, 0.1) is 21.8 Å². The first kappa shape index (κ1) is 26.2. The summed E-state index contributed by atoms with van der Waals surface area (Å²) in [7, 11) is 0. The molecule has 0 spiro atoms. The molecule has 0 aromatic heterocycles. The third-order valence-corrected chi connectivity index (χ3v) is 5.56. The minimum Gasteiger partial charge on any atom is -0.506 e. The van der Waals surface area contributed by atoms with Crippen molar-refractivity contribution in [1.29, 1.82) is 0 Å². The number of benzene rings is 1. The number of rotatable bonds is 11. The standard InChI is InChI=1S/C17H21BrN4O8S/c18-22(11-3-1-2-4-12(11)23)17(30)31-8-10(15(27)20-7-14(25)26)21-13(24)6-5-9(19)16(28)29/h1-4,9-10,23H,5-8,19H2,(H,20,27)(H,21,24)(H,25,26)(H,28,29). The number of carbonyl (C=O) groups is 5. The molecule has 0 saturated heterocycles. The largest absolute Gasteiger partial charge is 0.506 e. The quantitative estimate of drug-likeness (QED) is 0.219. The van der Waals surface area contributed by atoms with E-state index in [-0.39, 0.29) is 30.0 Å². The van der Waals surface area contributed by atoms with Crippen LogP contribution in [0.4, 0.5) is 10.5 Å². The second-order valence-electron chi connectivity index (χ2n) is 6.06. The molecular weight excluding hydrogens is 500 g/mol. The Balaban J connectivity index is 2.76. The first-order valence-electron chi connectivity index (χ1n) is 8.70. The summed E-state index contributed by atoms with van der Waals surface area (Å²) >= 11 is 3.63. The molecule has 12 nitrogen and oxygen atoms in total. The molecule has 1 aromatic rings. The van der Waals surface area contributed by atoms with Crippen molar-refractivity contribution >= 4 is 62.6 Å². The van der Waals surface area contributed by atoms with Gasteiger partial charge in [0, 0.05) is 12.2 Å². The summed E-state index contributed by atoms with van der Waals surface area (Å²) in [6.45, 7) is -0.698. The second-order valence-corrected chi connectivity index (χ2v) is 7.74. The zero-order valence-corrected chi connectivity index (χ0v) is 18.4. The van der Waals surface area contributed by atoms with Gasteiger partial charge in [-0.1, -0.05) is 23.9 Å². The average molecular weight is 521 g/mol. The first-order valence-corrected chi connectivity index (χ1v) is 10.4. The number of thioether (sulfide) groups is 1. The lowest BCUT2D eigenvalue weighted by atomic mass is 10.1. The van der Waals surface area contributed by atoms with Crippen molar-refractivity contribution in [3.05, 3.63) is 24.3 Å². The third-order valence-electron chi connectivity index (χ3n) is 3.69. The fourth-order valence-electron chi connectivity index (χ4n) is 2.09. The SMILES string of the molecule is NC(CCC(=O)NC(CSC(=O)N(Br)c1ccccc1O)C(=O)NCC(=O)O)C(=O)O. The molecule has 1 aromatic carbocycles. The summed E-state index contributed by atoms with van der Waals surface area (Å²) in [5.41, 5.74) is 5.48. The van der Waals surface area contributed by atoms with Crippen LogP contribution < -0.4 is 20.3 Å². The van der Waals surface area contributed by atoms with Gasteiger partial charge in [0.15, 0.2) is 0 Å². The van der Waals surface area contributed by atoms with Crippen LogP contribution in [-0.4, -0.2) is 68.7 Å². The zero-order chi connectivity index (χ0) is 23.6. The summed E-state index contributed by atoms with van der Waals surface area (Å²) in [6, 6.07) is 3.43. The van der Waals surface area contributed by atoms with Gasteiger partial charge in [0.2, 0.25) is 11.8 Å². The number of carbonyl (C=O) groups excluding carboxylic acids is 3. The van der Waals surface area contributed by atoms with E-state index >= 15 is 0 Å². The molecule has 0 fully saturated rings. The van der Waals surface area contributed by atoms with E-state index in [0.717, 1.165) is 3.93 Å². The van der Waals surface area contributed by atoms with Crippen LogP contribution in [0.3, 0.4) is 0 Å². The number of anilines is 1. The molecular formula is C17H21BrN4O8S. The molecule has 0 heterocycles. The number of phenols is 1. The molecule has 0 aliphatic heterocycles. The highest BCUT2D eigenvalue weighted by Crippen LogP contribution is 2.31. The molecule has 170 valence electrons. The molecule has 0 saturated carbocycles. The predicted octanol–water partition coefficient (Wildman–Crippen LogP) is 0.239. The molecule has 0 aliphatic carbocycles. The Labute approximate surface area is 189 Å². The van der Waals surface area contributed by atoms with E-state index in [9.17, 15) is 29.1 Å². The molecule has 0 radical (unpaired) electrons. The summed E-state index contributed by atoms with van der Waals surface area (Å²) in [5.74, 6) is -4.57. The smallest absolute Gasteiger partial charge is 0.322 e. The fraction of sp³-hybridized carbons (Fsp3) is 0.353. The van der Waals surface area contributed by atoms with Crippen molar-refractivity contribution in [1.82, 2.24) is 10.6 Å². The van der Waals surface area contributed by atoms with Crippen LogP contribution >= 0.6 is 27.9 Å². The number of aromatic hydroxyl groups is 1. The van der Waals surface area contributed by atoms with Gasteiger partial charge in [-0.3, -0.25) is 24.0 Å². The molecule has 2 unspecified atom stereocenters. The lowest BCUT2D eigenvalue weighted by Crippen LogP contribution is -2.49. The minimum absolute atomic E-state index is 0.151. The van der Waals surface area contributed by atoms with Gasteiger partial charge >= 0.3 is 11.9 Å². The monoisotopic (exact) mass is 520 g/mol. The zero-order valence-electron chi connectivity index (χ0n) is 16.0. The number of nitrogens with two attached hydrogens (primary N) is 1. The fourth-order valence-corrected chi connectivity index (χ4v) is 3.45. The normalized spacial score (nSPS) is 12.3. The lowest BCUT2D eigenvalue weighted by Gasteiger charge is -2.20. The summed E-state index contributed by atoms with van der Waals surface area (Å²) in [5, 5.41) is 31.1. The van der Waals surface area contributed by atoms with Crippen LogP contribution in [0.25, 0.3) is 0 Å². The van der Waals surface area contributed by atoms with Crippen molar-refractivity contribution in [2.24, 2.45) is 5.73 Å². The third kappa shape index (κ3) is 9.23. The van der Waals surface area contributed by atoms with Crippen LogP contribution in [-0.2, 0) is 19.2 Å². The molecule has 1 rings (SSSR count). The Morgan fingerprint density at radius 1 is 1.16 bits per heavy atom. The van der Waals surface area contributed by atoms with Gasteiger partial charge in [-0.2, -0.15) is 0 Å². The van der Waals surface area contributed by atoms with Crippen molar-refractivity contribution in [3.8, 4) is 5.75 Å². The number of halogens is 1. The van der Waals surface area contributed by atoms with E-state index in [4.69, 9.17) is 15.9 Å². The van der Waals surface area contributed by atoms with E-state index in [1.54, 1.807) is 12.1 Å². The topological polar surface area (TPSA) is 199 Å². The number of aliphatic carboxylic acids is 2. The van der Waals surface area contributed by atoms with Crippen LogP contribution in [0.5, 0.6) is 5.75 Å². The van der Waals surface area contributed by atoms with Gasteiger partial charge in [0.1, 0.15) is 24.4 Å². The average Bonchev–Trinajstić information content (AvgIpc) is 2.72. The highest BCUT2D eigenvalue weighted by atomic mass is 79.9. The van der Waals surface area contributed by atoms with E-state index in [1.165, 1.54) is 12.1 Å². The molecule has 7 N–H and O–H groups in total. The summed E-state index contributed by atoms with van der Waals surface area (Å²) < 4.78 is 0.965. The number of nitrogens with one attached hydrogen (secondary N) is 2. The maximum Gasteiger partial charge on any atom is 0.322 e. The number of hydrogen-bond acceptors (Lipinski definition) is 8. The molecule has 0 aliphatic rings. The molecule has 31 heavy (non-hydrogen) atoms. The second kappa shape index (κ2) is 12.8. The van der Waals surface area contributed by atoms with Gasteiger partial charge in [-0.05, 0) is 18.6 Å². The Kier molecular flexibility index (Phi) is 10.8. The van der Waals surface area contributed by atoms with E-state index in [2.05, 4.69) is 26.8 Å².